The lowest BCUT2D eigenvalue weighted by Crippen LogP contribution is -2.04. The minimum absolute atomic E-state index is 0.0158. The van der Waals surface area contributed by atoms with Gasteiger partial charge in [0.05, 0.1) is 11.9 Å². The van der Waals surface area contributed by atoms with Gasteiger partial charge in [-0.3, -0.25) is 0 Å². The van der Waals surface area contributed by atoms with Gasteiger partial charge < -0.3 is 9.57 Å². The summed E-state index contributed by atoms with van der Waals surface area (Å²) in [6, 6.07) is 12.3. The molecule has 4 nitrogen and oxygen atoms in total. The largest absolute Gasteiger partial charge is 0.434 e. The van der Waals surface area contributed by atoms with Crippen LogP contribution in [0.5, 0.6) is 5.75 Å². The molecule has 0 aliphatic rings. The molecular formula is C18H13F3N2O2S. The molecule has 2 aromatic carbocycles. The van der Waals surface area contributed by atoms with Crippen molar-refractivity contribution in [1.29, 1.82) is 0 Å². The van der Waals surface area contributed by atoms with E-state index in [0.29, 0.717) is 11.3 Å². The zero-order chi connectivity index (χ0) is 18.4. The van der Waals surface area contributed by atoms with E-state index in [9.17, 15) is 13.2 Å². The first kappa shape index (κ1) is 17.9. The first-order chi connectivity index (χ1) is 12.6. The predicted molar refractivity (Wildman–Crippen MR) is 93.0 cm³/mol. The van der Waals surface area contributed by atoms with Gasteiger partial charge in [-0.2, -0.15) is 8.78 Å². The van der Waals surface area contributed by atoms with Crippen LogP contribution >= 0.6 is 11.3 Å². The molecule has 0 atom stereocenters. The zero-order valence-corrected chi connectivity index (χ0v) is 14.1. The Hall–Kier alpha value is -2.87. The molecule has 8 heteroatoms. The number of alkyl halides is 2. The van der Waals surface area contributed by atoms with E-state index in [2.05, 4.69) is 14.9 Å². The second kappa shape index (κ2) is 8.48. The van der Waals surface area contributed by atoms with E-state index < -0.39 is 6.61 Å². The van der Waals surface area contributed by atoms with Crippen LogP contribution in [0.3, 0.4) is 0 Å². The van der Waals surface area contributed by atoms with Crippen molar-refractivity contribution in [2.75, 3.05) is 0 Å². The van der Waals surface area contributed by atoms with Crippen molar-refractivity contribution in [1.82, 2.24) is 4.98 Å². The molecule has 0 saturated carbocycles. The molecule has 0 aliphatic heterocycles. The van der Waals surface area contributed by atoms with Crippen molar-refractivity contribution in [3.8, 4) is 16.3 Å². The van der Waals surface area contributed by atoms with E-state index in [1.54, 1.807) is 30.3 Å². The van der Waals surface area contributed by atoms with Gasteiger partial charge in [0, 0.05) is 16.5 Å². The summed E-state index contributed by atoms with van der Waals surface area (Å²) in [4.78, 5) is 9.55. The van der Waals surface area contributed by atoms with E-state index in [-0.39, 0.29) is 18.2 Å². The Kier molecular flexibility index (Phi) is 5.85. The number of oxime groups is 1. The first-order valence-corrected chi connectivity index (χ1v) is 8.39. The van der Waals surface area contributed by atoms with Gasteiger partial charge in [0.2, 0.25) is 0 Å². The third kappa shape index (κ3) is 4.82. The van der Waals surface area contributed by atoms with E-state index in [0.717, 1.165) is 10.6 Å². The third-order valence-electron chi connectivity index (χ3n) is 3.26. The molecule has 3 rings (SSSR count). The Morgan fingerprint density at radius 1 is 1.12 bits per heavy atom. The summed E-state index contributed by atoms with van der Waals surface area (Å²) in [7, 11) is 0. The number of benzene rings is 2. The fraction of sp³-hybridized carbons (Fsp3) is 0.111. The first-order valence-electron chi connectivity index (χ1n) is 7.51. The van der Waals surface area contributed by atoms with Crippen molar-refractivity contribution in [2.24, 2.45) is 5.16 Å². The lowest BCUT2D eigenvalue weighted by atomic mass is 10.2. The molecular weight excluding hydrogens is 365 g/mol. The molecule has 0 radical (unpaired) electrons. The monoisotopic (exact) mass is 378 g/mol. The highest BCUT2D eigenvalue weighted by Crippen LogP contribution is 2.24. The van der Waals surface area contributed by atoms with E-state index >= 15 is 0 Å². The van der Waals surface area contributed by atoms with Gasteiger partial charge in [-0.05, 0) is 36.4 Å². The van der Waals surface area contributed by atoms with Gasteiger partial charge in [-0.1, -0.05) is 17.3 Å². The van der Waals surface area contributed by atoms with Gasteiger partial charge >= 0.3 is 6.61 Å². The molecule has 0 spiro atoms. The van der Waals surface area contributed by atoms with E-state index in [1.807, 2.05) is 5.38 Å². The van der Waals surface area contributed by atoms with Crippen molar-refractivity contribution in [2.45, 2.75) is 13.2 Å². The smallest absolute Gasteiger partial charge is 0.387 e. The molecule has 3 aromatic rings. The second-order valence-corrected chi connectivity index (χ2v) is 5.93. The summed E-state index contributed by atoms with van der Waals surface area (Å²) >= 11 is 1.40. The highest BCUT2D eigenvalue weighted by Gasteiger charge is 2.08. The molecule has 1 heterocycles. The minimum Gasteiger partial charge on any atom is -0.434 e. The SMILES string of the molecule is Fc1ccc(-c2nc(CON=Cc3ccccc3OC(F)F)cs2)cc1. The summed E-state index contributed by atoms with van der Waals surface area (Å²) in [6.07, 6.45) is 1.30. The molecule has 0 amide bonds. The normalized spacial score (nSPS) is 11.2. The summed E-state index contributed by atoms with van der Waals surface area (Å²) < 4.78 is 42.0. The Balaban J connectivity index is 1.59. The van der Waals surface area contributed by atoms with Crippen LogP contribution in [0.15, 0.2) is 59.1 Å². The second-order valence-electron chi connectivity index (χ2n) is 5.08. The van der Waals surface area contributed by atoms with Gasteiger partial charge in [-0.25, -0.2) is 9.37 Å². The van der Waals surface area contributed by atoms with Crippen LogP contribution in [-0.4, -0.2) is 17.8 Å². The Morgan fingerprint density at radius 3 is 2.65 bits per heavy atom. The van der Waals surface area contributed by atoms with Crippen LogP contribution in [-0.2, 0) is 11.4 Å². The predicted octanol–water partition coefficient (Wildman–Crippen LogP) is 5.10. The topological polar surface area (TPSA) is 43.7 Å². The number of ether oxygens (including phenoxy) is 1. The number of nitrogens with zero attached hydrogens (tertiary/aromatic N) is 2. The van der Waals surface area contributed by atoms with E-state index in [1.165, 1.54) is 35.8 Å². The molecule has 0 fully saturated rings. The molecule has 0 N–H and O–H groups in total. The number of aromatic nitrogens is 1. The van der Waals surface area contributed by atoms with Gasteiger partial charge in [0.25, 0.3) is 0 Å². The molecule has 0 unspecified atom stereocenters. The summed E-state index contributed by atoms with van der Waals surface area (Å²) in [5.74, 6) is -0.290. The van der Waals surface area contributed by atoms with Crippen LogP contribution in [0.2, 0.25) is 0 Å². The maximum absolute atomic E-state index is 12.9. The fourth-order valence-corrected chi connectivity index (χ4v) is 2.90. The van der Waals surface area contributed by atoms with Crippen LogP contribution in [0.1, 0.15) is 11.3 Å². The van der Waals surface area contributed by atoms with Crippen LogP contribution in [0.25, 0.3) is 10.6 Å². The molecule has 1 aromatic heterocycles. The van der Waals surface area contributed by atoms with Gasteiger partial charge in [0.1, 0.15) is 16.6 Å². The average Bonchev–Trinajstić information content (AvgIpc) is 3.09. The highest BCUT2D eigenvalue weighted by atomic mass is 32.1. The Bertz CT molecular complexity index is 882. The van der Waals surface area contributed by atoms with Crippen molar-refractivity contribution in [3.05, 3.63) is 71.0 Å². The lowest BCUT2D eigenvalue weighted by Gasteiger charge is -2.06. The zero-order valence-electron chi connectivity index (χ0n) is 13.3. The number of rotatable bonds is 7. The van der Waals surface area contributed by atoms with Crippen LogP contribution < -0.4 is 4.74 Å². The molecule has 26 heavy (non-hydrogen) atoms. The van der Waals surface area contributed by atoms with Crippen LogP contribution in [0.4, 0.5) is 13.2 Å². The molecule has 0 aliphatic carbocycles. The third-order valence-corrected chi connectivity index (χ3v) is 4.20. The highest BCUT2D eigenvalue weighted by molar-refractivity contribution is 7.13. The van der Waals surface area contributed by atoms with Gasteiger partial charge in [0.15, 0.2) is 6.61 Å². The quantitative estimate of drug-likeness (QED) is 0.424. The maximum Gasteiger partial charge on any atom is 0.387 e. The maximum atomic E-state index is 12.9. The number of thiazole rings is 1. The summed E-state index contributed by atoms with van der Waals surface area (Å²) in [5, 5.41) is 6.31. The number of halogens is 3. The van der Waals surface area contributed by atoms with E-state index in [4.69, 9.17) is 4.84 Å². The number of hydrogen-bond donors (Lipinski definition) is 0. The Labute approximate surface area is 151 Å². The van der Waals surface area contributed by atoms with Crippen molar-refractivity contribution < 1.29 is 22.7 Å². The fourth-order valence-electron chi connectivity index (χ4n) is 2.09. The molecule has 134 valence electrons. The van der Waals surface area contributed by atoms with Gasteiger partial charge in [-0.15, -0.1) is 11.3 Å². The summed E-state index contributed by atoms with van der Waals surface area (Å²) in [5.41, 5.74) is 1.84. The van der Waals surface area contributed by atoms with Crippen molar-refractivity contribution >= 4 is 17.6 Å². The molecule has 0 saturated heterocycles. The Morgan fingerprint density at radius 2 is 1.88 bits per heavy atom. The molecule has 0 bridgehead atoms. The lowest BCUT2D eigenvalue weighted by molar-refractivity contribution is -0.0499. The van der Waals surface area contributed by atoms with Crippen molar-refractivity contribution in [3.63, 3.8) is 0 Å². The van der Waals surface area contributed by atoms with Crippen LogP contribution in [0, 0.1) is 5.82 Å². The summed E-state index contributed by atoms with van der Waals surface area (Å²) in [6.45, 7) is -2.79. The average molecular weight is 378 g/mol. The standard InChI is InChI=1S/C18H13F3N2O2S/c19-14-7-5-12(6-8-14)17-23-15(11-26-17)10-24-22-9-13-3-1-2-4-16(13)25-18(20)21/h1-9,11,18H,10H2. The number of hydrogen-bond acceptors (Lipinski definition) is 5. The number of para-hydroxylation sites is 1. The minimum atomic E-state index is -2.91.